The van der Waals surface area contributed by atoms with Gasteiger partial charge in [-0.25, -0.2) is 9.98 Å². The Labute approximate surface area is 338 Å². The Hall–Kier alpha value is -5.68. The highest BCUT2D eigenvalue weighted by Crippen LogP contribution is 2.54. The Kier molecular flexibility index (Phi) is 9.30. The maximum absolute atomic E-state index is 6.54. The smallest absolute Gasteiger partial charge is 0.216 e. The van der Waals surface area contributed by atoms with Crippen LogP contribution < -0.4 is 4.90 Å². The molecule has 0 amide bonds. The van der Waals surface area contributed by atoms with Crippen molar-refractivity contribution in [2.45, 2.75) is 91.0 Å². The van der Waals surface area contributed by atoms with Gasteiger partial charge in [0.1, 0.15) is 12.4 Å². The fourth-order valence-electron chi connectivity index (χ4n) is 9.41. The van der Waals surface area contributed by atoms with Gasteiger partial charge in [0.15, 0.2) is 0 Å². The molecule has 0 bridgehead atoms. The van der Waals surface area contributed by atoms with E-state index in [2.05, 4.69) is 179 Å². The number of anilines is 3. The van der Waals surface area contributed by atoms with Crippen LogP contribution >= 0.6 is 0 Å². The van der Waals surface area contributed by atoms with Crippen molar-refractivity contribution < 1.29 is 4.74 Å². The van der Waals surface area contributed by atoms with Crippen molar-refractivity contribution in [3.63, 3.8) is 0 Å². The molecule has 2 aromatic heterocycles. The van der Waals surface area contributed by atoms with Crippen molar-refractivity contribution in [3.8, 4) is 16.9 Å². The molecule has 5 nitrogen and oxygen atoms in total. The maximum atomic E-state index is 6.54. The highest BCUT2D eigenvalue weighted by Gasteiger charge is 2.38. The number of ether oxygens (including phenoxy) is 1. The molecule has 1 atom stereocenters. The molecule has 5 aromatic carbocycles. The number of hydrogen-bond acceptors (Lipinski definition) is 4. The third-order valence-electron chi connectivity index (χ3n) is 12.4. The Morgan fingerprint density at radius 3 is 2.19 bits per heavy atom. The molecule has 2 aliphatic rings. The predicted octanol–water partition coefficient (Wildman–Crippen LogP) is 13.6. The van der Waals surface area contributed by atoms with E-state index in [1.54, 1.807) is 0 Å². The number of rotatable bonds is 9. The SMILES string of the molecule is CCCC(CCC)[C@@H]1COC(c2cc(-c3ccccc3)cc(N3c4ccccc4C(C)(C)c4cc5c6ccccc6n(-c6cc(C(C)(C)C)ccn6)c5cc43)c2)=N1. The minimum absolute atomic E-state index is 0.0120. The number of nitrogens with zero attached hydrogens (tertiary/aromatic N) is 4. The number of aliphatic imine (C=N–C) groups is 1. The first-order valence-electron chi connectivity index (χ1n) is 20.9. The third-order valence-corrected chi connectivity index (χ3v) is 12.4. The lowest BCUT2D eigenvalue weighted by atomic mass is 9.73. The molecule has 7 aromatic rings. The number of aromatic nitrogens is 2. The second-order valence-electron chi connectivity index (χ2n) is 17.7. The summed E-state index contributed by atoms with van der Waals surface area (Å²) in [5.41, 5.74) is 12.6. The average molecular weight is 751 g/mol. The highest BCUT2D eigenvalue weighted by atomic mass is 16.5. The van der Waals surface area contributed by atoms with E-state index in [-0.39, 0.29) is 16.9 Å². The molecule has 288 valence electrons. The van der Waals surface area contributed by atoms with Gasteiger partial charge in [-0.05, 0) is 107 Å². The van der Waals surface area contributed by atoms with Crippen LogP contribution in [-0.2, 0) is 15.6 Å². The van der Waals surface area contributed by atoms with Gasteiger partial charge in [-0.2, -0.15) is 0 Å². The lowest BCUT2D eigenvalue weighted by molar-refractivity contribution is 0.261. The quantitative estimate of drug-likeness (QED) is 0.148. The zero-order valence-electron chi connectivity index (χ0n) is 34.5. The number of pyridine rings is 1. The summed E-state index contributed by atoms with van der Waals surface area (Å²) in [6, 6.07) is 44.8. The Morgan fingerprint density at radius 2 is 1.42 bits per heavy atom. The zero-order chi connectivity index (χ0) is 39.5. The normalized spacial score (nSPS) is 16.2. The monoisotopic (exact) mass is 750 g/mol. The lowest BCUT2D eigenvalue weighted by Crippen LogP contribution is -2.30. The molecule has 0 spiro atoms. The van der Waals surface area contributed by atoms with Gasteiger partial charge in [-0.1, -0.05) is 128 Å². The van der Waals surface area contributed by atoms with Crippen LogP contribution in [0.2, 0.25) is 0 Å². The van der Waals surface area contributed by atoms with E-state index in [0.29, 0.717) is 12.5 Å². The molecule has 0 unspecified atom stereocenters. The first-order valence-corrected chi connectivity index (χ1v) is 20.9. The van der Waals surface area contributed by atoms with Crippen molar-refractivity contribution in [2.24, 2.45) is 10.9 Å². The molecule has 0 N–H and O–H groups in total. The van der Waals surface area contributed by atoms with Crippen molar-refractivity contribution >= 4 is 44.8 Å². The number of para-hydroxylation sites is 2. The molecule has 0 saturated carbocycles. The summed E-state index contributed by atoms with van der Waals surface area (Å²) in [5, 5.41) is 2.45. The predicted molar refractivity (Wildman–Crippen MR) is 239 cm³/mol. The van der Waals surface area contributed by atoms with E-state index in [4.69, 9.17) is 14.7 Å². The zero-order valence-corrected chi connectivity index (χ0v) is 34.5. The van der Waals surface area contributed by atoms with Gasteiger partial charge < -0.3 is 9.64 Å². The van der Waals surface area contributed by atoms with E-state index in [9.17, 15) is 0 Å². The fraction of sp³-hybridized carbons (Fsp3) is 0.308. The topological polar surface area (TPSA) is 42.6 Å². The van der Waals surface area contributed by atoms with Gasteiger partial charge in [0.05, 0.1) is 28.5 Å². The molecule has 0 aliphatic carbocycles. The van der Waals surface area contributed by atoms with E-state index in [0.717, 1.165) is 63.7 Å². The highest BCUT2D eigenvalue weighted by molar-refractivity contribution is 6.11. The van der Waals surface area contributed by atoms with Crippen LogP contribution in [0.1, 0.15) is 96.4 Å². The Balaban J connectivity index is 1.30. The van der Waals surface area contributed by atoms with Gasteiger partial charge in [0.25, 0.3) is 0 Å². The van der Waals surface area contributed by atoms with Crippen LogP contribution in [0.25, 0.3) is 38.8 Å². The van der Waals surface area contributed by atoms with Crippen LogP contribution in [0, 0.1) is 5.92 Å². The second-order valence-corrected chi connectivity index (χ2v) is 17.7. The Bertz CT molecular complexity index is 2640. The van der Waals surface area contributed by atoms with Crippen LogP contribution in [0.15, 0.2) is 133 Å². The molecule has 9 rings (SSSR count). The first kappa shape index (κ1) is 36.9. The molecule has 2 aliphatic heterocycles. The molecule has 4 heterocycles. The summed E-state index contributed by atoms with van der Waals surface area (Å²) in [7, 11) is 0. The van der Waals surface area contributed by atoms with Crippen LogP contribution in [0.4, 0.5) is 17.1 Å². The molecular formula is C52H54N4O. The minimum Gasteiger partial charge on any atom is -0.475 e. The summed E-state index contributed by atoms with van der Waals surface area (Å²) in [5.74, 6) is 2.21. The van der Waals surface area contributed by atoms with Crippen LogP contribution in [0.3, 0.4) is 0 Å². The minimum atomic E-state index is -0.260. The summed E-state index contributed by atoms with van der Waals surface area (Å²) in [6.07, 6.45) is 6.63. The lowest BCUT2D eigenvalue weighted by Gasteiger charge is -2.42. The van der Waals surface area contributed by atoms with Gasteiger partial charge in [-0.15, -0.1) is 0 Å². The van der Waals surface area contributed by atoms with Gasteiger partial charge >= 0.3 is 0 Å². The summed E-state index contributed by atoms with van der Waals surface area (Å²) in [4.78, 5) is 12.8. The van der Waals surface area contributed by atoms with Gasteiger partial charge in [0, 0.05) is 33.6 Å². The summed E-state index contributed by atoms with van der Waals surface area (Å²) < 4.78 is 8.90. The number of benzene rings is 5. The number of hydrogen-bond donors (Lipinski definition) is 0. The van der Waals surface area contributed by atoms with E-state index in [1.165, 1.54) is 46.0 Å². The van der Waals surface area contributed by atoms with Gasteiger partial charge in [0.2, 0.25) is 5.90 Å². The van der Waals surface area contributed by atoms with E-state index in [1.807, 2.05) is 6.20 Å². The molecule has 0 fully saturated rings. The van der Waals surface area contributed by atoms with Crippen molar-refractivity contribution in [1.29, 1.82) is 0 Å². The largest absolute Gasteiger partial charge is 0.475 e. The van der Waals surface area contributed by atoms with Crippen molar-refractivity contribution in [3.05, 3.63) is 150 Å². The number of fused-ring (bicyclic) bond motifs is 5. The molecule has 5 heteroatoms. The van der Waals surface area contributed by atoms with Crippen LogP contribution in [-0.4, -0.2) is 28.1 Å². The summed E-state index contributed by atoms with van der Waals surface area (Å²) >= 11 is 0. The van der Waals surface area contributed by atoms with Crippen molar-refractivity contribution in [1.82, 2.24) is 9.55 Å². The second kappa shape index (κ2) is 14.4. The van der Waals surface area contributed by atoms with Crippen LogP contribution in [0.5, 0.6) is 0 Å². The molecule has 0 saturated heterocycles. The van der Waals surface area contributed by atoms with E-state index < -0.39 is 0 Å². The first-order chi connectivity index (χ1) is 27.6. The molecular weight excluding hydrogens is 697 g/mol. The van der Waals surface area contributed by atoms with Crippen molar-refractivity contribution in [2.75, 3.05) is 11.5 Å². The maximum Gasteiger partial charge on any atom is 0.216 e. The van der Waals surface area contributed by atoms with Gasteiger partial charge in [-0.3, -0.25) is 4.57 Å². The summed E-state index contributed by atoms with van der Waals surface area (Å²) in [6.45, 7) is 16.7. The fourth-order valence-corrected chi connectivity index (χ4v) is 9.41. The van der Waals surface area contributed by atoms with E-state index >= 15 is 0 Å². The Morgan fingerprint density at radius 1 is 0.702 bits per heavy atom. The average Bonchev–Trinajstić information content (AvgIpc) is 3.84. The standard InChI is InChI=1S/C52H54N4O/c1-8-17-35(18-9-2)44-33-57-50(54-44)37-27-36(34-19-11-10-12-20-34)28-39(29-37)55-46-24-16-14-22-42(46)52(6,7)43-31-41-40-21-13-15-23-45(40)56(47(41)32-48(43)55)49-30-38(25-26-53-49)51(3,4)5/h10-16,19-32,35,44H,8-9,17-18,33H2,1-7H3/t44-/m0/s1. The third kappa shape index (κ3) is 6.42. The molecule has 57 heavy (non-hydrogen) atoms. The molecule has 0 radical (unpaired) electrons.